The van der Waals surface area contributed by atoms with Crippen LogP contribution in [0.3, 0.4) is 0 Å². The number of carbonyl (C=O) groups is 1. The molecule has 6 aromatic rings. The summed E-state index contributed by atoms with van der Waals surface area (Å²) in [6.07, 6.45) is -2.92. The lowest BCUT2D eigenvalue weighted by Gasteiger charge is -2.16. The Bertz CT molecular complexity index is 2020. The molecule has 0 aliphatic rings. The maximum absolute atomic E-state index is 14.1. The summed E-state index contributed by atoms with van der Waals surface area (Å²) in [7, 11) is 0. The summed E-state index contributed by atoms with van der Waals surface area (Å²) in [6.45, 7) is 3.29. The van der Waals surface area contributed by atoms with E-state index in [0.29, 0.717) is 33.9 Å². The van der Waals surface area contributed by atoms with Gasteiger partial charge in [0.2, 0.25) is 0 Å². The van der Waals surface area contributed by atoms with Crippen LogP contribution >= 0.6 is 11.6 Å². The largest absolute Gasteiger partial charge is 0.478 e. The Morgan fingerprint density at radius 3 is 2.20 bits per heavy atom. The maximum atomic E-state index is 14.1. The molecule has 0 bridgehead atoms. The van der Waals surface area contributed by atoms with Crippen molar-refractivity contribution in [2.75, 3.05) is 0 Å². The van der Waals surface area contributed by atoms with Crippen LogP contribution in [-0.4, -0.2) is 30.8 Å². The van der Waals surface area contributed by atoms with Crippen molar-refractivity contribution >= 4 is 28.5 Å². The van der Waals surface area contributed by atoms with Crippen LogP contribution in [0.5, 0.6) is 23.0 Å². The van der Waals surface area contributed by atoms with Crippen molar-refractivity contribution in [2.45, 2.75) is 20.3 Å². The normalized spacial score (nSPS) is 11.2. The molecule has 3 aromatic heterocycles. The molecule has 0 fully saturated rings. The Morgan fingerprint density at radius 1 is 0.864 bits per heavy atom. The van der Waals surface area contributed by atoms with E-state index in [0.717, 1.165) is 0 Å². The van der Waals surface area contributed by atoms with Gasteiger partial charge >= 0.3 is 5.97 Å². The highest BCUT2D eigenvalue weighted by molar-refractivity contribution is 6.29. The molecule has 220 valence electrons. The van der Waals surface area contributed by atoms with Gasteiger partial charge in [0.05, 0.1) is 16.9 Å². The van der Waals surface area contributed by atoms with E-state index in [1.165, 1.54) is 17.7 Å². The highest BCUT2D eigenvalue weighted by Gasteiger charge is 2.27. The molecule has 3 aromatic carbocycles. The first-order valence-corrected chi connectivity index (χ1v) is 13.8. The summed E-state index contributed by atoms with van der Waals surface area (Å²) < 4.78 is 41.6. The third-order valence-corrected chi connectivity index (χ3v) is 7.04. The number of carboxylic acids is 1. The molecular weight excluding hydrogens is 590 g/mol. The molecule has 44 heavy (non-hydrogen) atoms. The maximum Gasteiger partial charge on any atom is 0.339 e. The molecule has 1 N–H and O–H groups in total. The molecule has 11 heteroatoms. The molecule has 0 atom stereocenters. The second-order valence-corrected chi connectivity index (χ2v) is 10.3. The number of aryl methyl sites for hydroxylation is 2. The van der Waals surface area contributed by atoms with Crippen LogP contribution in [-0.2, 0) is 0 Å². The molecule has 8 nitrogen and oxygen atoms in total. The Labute approximate surface area is 255 Å². The number of hydrogen-bond donors (Lipinski definition) is 1. The van der Waals surface area contributed by atoms with Gasteiger partial charge in [0.1, 0.15) is 39.4 Å². The molecule has 0 unspecified atom stereocenters. The summed E-state index contributed by atoms with van der Waals surface area (Å²) in [5, 5.41) is 15.1. The minimum Gasteiger partial charge on any atom is -0.478 e. The summed E-state index contributed by atoms with van der Waals surface area (Å²) in [5.74, 6) is 1.16. The first-order chi connectivity index (χ1) is 21.2. The third-order valence-electron chi connectivity index (χ3n) is 6.83. The summed E-state index contributed by atoms with van der Waals surface area (Å²) in [5.41, 5.74) is 0.561. The summed E-state index contributed by atoms with van der Waals surface area (Å²) >= 11 is 6.13. The lowest BCUT2D eigenvalue weighted by atomic mass is 9.99. The number of hydrogen-bond acceptors (Lipinski definition) is 6. The number of ether oxygens (including phenoxy) is 2. The molecule has 0 spiro atoms. The molecule has 0 radical (unpaired) electrons. The third kappa shape index (κ3) is 5.67. The van der Waals surface area contributed by atoms with Crippen LogP contribution < -0.4 is 9.47 Å². The minimum atomic E-state index is -2.92. The van der Waals surface area contributed by atoms with Crippen LogP contribution in [0.1, 0.15) is 33.7 Å². The fourth-order valence-electron chi connectivity index (χ4n) is 4.84. The van der Waals surface area contributed by atoms with Gasteiger partial charge in [0, 0.05) is 10.9 Å². The van der Waals surface area contributed by atoms with Gasteiger partial charge in [0.15, 0.2) is 5.82 Å². The SMILES string of the molecule is Cc1cc2nc(C(F)F)cc(-c3c(C(=O)O)c(C)nn3-c3cccc(Cl)n3)c2cc1Oc1ccc(Oc2ccccc2)cc1. The number of nitrogens with zero attached hydrogens (tertiary/aromatic N) is 4. The zero-order valence-electron chi connectivity index (χ0n) is 23.3. The molecule has 0 aliphatic carbocycles. The highest BCUT2D eigenvalue weighted by Crippen LogP contribution is 2.39. The van der Waals surface area contributed by atoms with Crippen LogP contribution in [0.15, 0.2) is 91.0 Å². The number of halogens is 3. The molecule has 0 saturated heterocycles. The molecule has 6 rings (SSSR count). The van der Waals surface area contributed by atoms with Gasteiger partial charge in [0.25, 0.3) is 6.43 Å². The van der Waals surface area contributed by atoms with E-state index in [1.807, 2.05) is 30.3 Å². The molecule has 0 aliphatic heterocycles. The zero-order chi connectivity index (χ0) is 31.0. The van der Waals surface area contributed by atoms with Gasteiger partial charge in [-0.25, -0.2) is 28.2 Å². The average molecular weight is 613 g/mol. The Hall–Kier alpha value is -5.35. The van der Waals surface area contributed by atoms with Gasteiger partial charge in [-0.2, -0.15) is 5.10 Å². The number of para-hydroxylation sites is 1. The van der Waals surface area contributed by atoms with Gasteiger partial charge in [-0.15, -0.1) is 0 Å². The monoisotopic (exact) mass is 612 g/mol. The predicted octanol–water partition coefficient (Wildman–Crippen LogP) is 8.97. The van der Waals surface area contributed by atoms with E-state index in [-0.39, 0.29) is 39.0 Å². The van der Waals surface area contributed by atoms with Crippen molar-refractivity contribution in [3.05, 3.63) is 119 Å². The Balaban J connectivity index is 1.49. The van der Waals surface area contributed by atoms with Gasteiger partial charge in [-0.1, -0.05) is 35.9 Å². The first kappa shape index (κ1) is 28.8. The number of rotatable bonds is 8. The number of aromatic carboxylic acids is 1. The molecular formula is C33H23ClF2N4O4. The van der Waals surface area contributed by atoms with Crippen molar-refractivity contribution in [3.63, 3.8) is 0 Å². The lowest BCUT2D eigenvalue weighted by Crippen LogP contribution is -2.06. The number of benzene rings is 3. The van der Waals surface area contributed by atoms with E-state index in [9.17, 15) is 18.7 Å². The Kier molecular flexibility index (Phi) is 7.67. The van der Waals surface area contributed by atoms with Gasteiger partial charge < -0.3 is 14.6 Å². The fraction of sp³-hybridized carbons (Fsp3) is 0.0909. The summed E-state index contributed by atoms with van der Waals surface area (Å²) in [6, 6.07) is 25.6. The summed E-state index contributed by atoms with van der Waals surface area (Å²) in [4.78, 5) is 20.9. The van der Waals surface area contributed by atoms with Crippen molar-refractivity contribution in [1.29, 1.82) is 0 Å². The van der Waals surface area contributed by atoms with E-state index in [4.69, 9.17) is 21.1 Å². The molecule has 0 amide bonds. The molecule has 3 heterocycles. The van der Waals surface area contributed by atoms with Crippen molar-refractivity contribution < 1.29 is 28.2 Å². The second kappa shape index (κ2) is 11.7. The van der Waals surface area contributed by atoms with Crippen LogP contribution in [0.4, 0.5) is 8.78 Å². The van der Waals surface area contributed by atoms with E-state index in [1.54, 1.807) is 61.5 Å². The number of fused-ring (bicyclic) bond motifs is 1. The minimum absolute atomic E-state index is 0.0521. The predicted molar refractivity (Wildman–Crippen MR) is 162 cm³/mol. The number of pyridine rings is 2. The van der Waals surface area contributed by atoms with E-state index >= 15 is 0 Å². The number of carboxylic acid groups (broad SMARTS) is 1. The average Bonchev–Trinajstić information content (AvgIpc) is 3.35. The van der Waals surface area contributed by atoms with Crippen molar-refractivity contribution in [3.8, 4) is 40.1 Å². The smallest absolute Gasteiger partial charge is 0.339 e. The fourth-order valence-corrected chi connectivity index (χ4v) is 5.00. The number of aromatic nitrogens is 4. The second-order valence-electron chi connectivity index (χ2n) is 9.86. The van der Waals surface area contributed by atoms with Crippen LogP contribution in [0.2, 0.25) is 5.15 Å². The van der Waals surface area contributed by atoms with Gasteiger partial charge in [-0.3, -0.25) is 0 Å². The van der Waals surface area contributed by atoms with Crippen molar-refractivity contribution in [2.24, 2.45) is 0 Å². The number of alkyl halides is 2. The lowest BCUT2D eigenvalue weighted by molar-refractivity contribution is 0.0697. The van der Waals surface area contributed by atoms with Crippen LogP contribution in [0.25, 0.3) is 28.0 Å². The standard InChI is InChI=1S/C33H23ClF2N4O4/c1-18-15-25-23(17-27(18)44-22-13-11-21(12-14-22)43-20-7-4-3-5-8-20)24(16-26(37-25)32(35)36)31-30(33(41)42)19(2)39-40(31)29-10-6-9-28(34)38-29/h3-17,32H,1-2H3,(H,41,42). The zero-order valence-corrected chi connectivity index (χ0v) is 24.1. The van der Waals surface area contributed by atoms with Gasteiger partial charge in [-0.05, 0) is 86.1 Å². The van der Waals surface area contributed by atoms with E-state index < -0.39 is 18.1 Å². The van der Waals surface area contributed by atoms with Crippen LogP contribution in [0, 0.1) is 13.8 Å². The molecule has 0 saturated carbocycles. The van der Waals surface area contributed by atoms with Crippen molar-refractivity contribution in [1.82, 2.24) is 19.7 Å². The highest BCUT2D eigenvalue weighted by atomic mass is 35.5. The quantitative estimate of drug-likeness (QED) is 0.171. The topological polar surface area (TPSA) is 99.4 Å². The Morgan fingerprint density at radius 2 is 1.55 bits per heavy atom. The first-order valence-electron chi connectivity index (χ1n) is 13.4. The van der Waals surface area contributed by atoms with E-state index in [2.05, 4.69) is 15.1 Å².